The van der Waals surface area contributed by atoms with Crippen molar-refractivity contribution in [3.63, 3.8) is 0 Å². The number of carboxylic acids is 1. The van der Waals surface area contributed by atoms with E-state index in [1.54, 1.807) is 30.3 Å². The molecule has 0 saturated carbocycles. The second-order valence-electron chi connectivity index (χ2n) is 6.18. The highest BCUT2D eigenvalue weighted by atomic mass is 32.2. The first-order valence-electron chi connectivity index (χ1n) is 8.84. The number of hydrogen-bond acceptors (Lipinski definition) is 4. The van der Waals surface area contributed by atoms with E-state index < -0.39 is 17.7 Å². The molecule has 3 N–H and O–H groups in total. The number of aromatic carboxylic acids is 1. The summed E-state index contributed by atoms with van der Waals surface area (Å²) in [6.45, 7) is 0. The molecule has 3 rings (SSSR count). The number of hydrogen-bond donors (Lipinski definition) is 3. The van der Waals surface area contributed by atoms with Gasteiger partial charge in [-0.05, 0) is 54.6 Å². The maximum Gasteiger partial charge on any atom is 0.335 e. The van der Waals surface area contributed by atoms with Gasteiger partial charge >= 0.3 is 5.97 Å². The van der Waals surface area contributed by atoms with Crippen LogP contribution in [0.4, 0.5) is 15.8 Å². The Bertz CT molecular complexity index is 1090. The predicted octanol–water partition coefficient (Wildman–Crippen LogP) is 4.51. The van der Waals surface area contributed by atoms with Gasteiger partial charge in [-0.2, -0.15) is 0 Å². The highest BCUT2D eigenvalue weighted by Crippen LogP contribution is 2.23. The largest absolute Gasteiger partial charge is 0.478 e. The molecule has 0 spiro atoms. The van der Waals surface area contributed by atoms with Crippen LogP contribution in [0, 0.1) is 5.82 Å². The van der Waals surface area contributed by atoms with Crippen molar-refractivity contribution >= 4 is 40.9 Å². The molecule has 0 bridgehead atoms. The minimum Gasteiger partial charge on any atom is -0.478 e. The lowest BCUT2D eigenvalue weighted by Gasteiger charge is -2.09. The van der Waals surface area contributed by atoms with E-state index in [9.17, 15) is 18.8 Å². The molecule has 30 heavy (non-hydrogen) atoms. The van der Waals surface area contributed by atoms with Crippen molar-refractivity contribution in [2.24, 2.45) is 0 Å². The summed E-state index contributed by atoms with van der Waals surface area (Å²) in [5.41, 5.74) is 1.06. The van der Waals surface area contributed by atoms with E-state index in [1.165, 1.54) is 54.2 Å². The van der Waals surface area contributed by atoms with Crippen LogP contribution >= 0.6 is 11.8 Å². The van der Waals surface area contributed by atoms with Crippen molar-refractivity contribution < 1.29 is 23.9 Å². The van der Waals surface area contributed by atoms with Crippen molar-refractivity contribution in [2.75, 3.05) is 16.4 Å². The van der Waals surface area contributed by atoms with Crippen molar-refractivity contribution in [1.29, 1.82) is 0 Å². The molecule has 8 heteroatoms. The summed E-state index contributed by atoms with van der Waals surface area (Å²) >= 11 is 1.26. The van der Waals surface area contributed by atoms with Gasteiger partial charge in [0.15, 0.2) is 0 Å². The molecular formula is C22H17FN2O4S. The summed E-state index contributed by atoms with van der Waals surface area (Å²) < 4.78 is 13.7. The van der Waals surface area contributed by atoms with E-state index in [1.807, 2.05) is 0 Å². The summed E-state index contributed by atoms with van der Waals surface area (Å²) in [4.78, 5) is 36.0. The van der Waals surface area contributed by atoms with Crippen molar-refractivity contribution in [2.45, 2.75) is 4.90 Å². The fourth-order valence-corrected chi connectivity index (χ4v) is 3.30. The van der Waals surface area contributed by atoms with Crippen LogP contribution in [0.5, 0.6) is 0 Å². The molecule has 6 nitrogen and oxygen atoms in total. The number of thioether (sulfide) groups is 1. The molecule has 0 unspecified atom stereocenters. The van der Waals surface area contributed by atoms with Gasteiger partial charge in [-0.3, -0.25) is 9.59 Å². The second-order valence-corrected chi connectivity index (χ2v) is 7.23. The predicted molar refractivity (Wildman–Crippen MR) is 114 cm³/mol. The van der Waals surface area contributed by atoms with Crippen molar-refractivity contribution in [3.05, 3.63) is 89.7 Å². The summed E-state index contributed by atoms with van der Waals surface area (Å²) in [6.07, 6.45) is 0. The maximum atomic E-state index is 13.7. The standard InChI is InChI=1S/C22H17FN2O4S/c23-19-7-2-1-6-18(19)21(27)25-16-4-3-5-17(12-16)30-13-20(26)24-15-10-8-14(9-11-15)22(28)29/h1-12H,13H2,(H,24,26)(H,25,27)(H,28,29). The molecule has 3 aromatic rings. The maximum absolute atomic E-state index is 13.7. The van der Waals surface area contributed by atoms with Crippen LogP contribution in [0.15, 0.2) is 77.7 Å². The Morgan fingerprint density at radius 1 is 0.867 bits per heavy atom. The fourth-order valence-electron chi connectivity index (χ4n) is 2.55. The SMILES string of the molecule is O=C(CSc1cccc(NC(=O)c2ccccc2F)c1)Nc1ccc(C(=O)O)cc1. The minimum absolute atomic E-state index is 0.0520. The number of carbonyl (C=O) groups excluding carboxylic acids is 2. The van der Waals surface area contributed by atoms with E-state index >= 15 is 0 Å². The summed E-state index contributed by atoms with van der Waals surface area (Å²) in [5, 5.41) is 14.2. The van der Waals surface area contributed by atoms with E-state index in [0.29, 0.717) is 11.4 Å². The molecule has 0 fully saturated rings. The number of benzene rings is 3. The van der Waals surface area contributed by atoms with Gasteiger partial charge in [0, 0.05) is 16.3 Å². The lowest BCUT2D eigenvalue weighted by molar-refractivity contribution is -0.113. The number of amides is 2. The quantitative estimate of drug-likeness (QED) is 0.485. The number of carbonyl (C=O) groups is 3. The molecule has 0 aliphatic carbocycles. The zero-order valence-corrected chi connectivity index (χ0v) is 16.4. The van der Waals surface area contributed by atoms with Gasteiger partial charge in [0.05, 0.1) is 16.9 Å². The number of halogens is 1. The molecule has 0 aromatic heterocycles. The molecule has 0 saturated heterocycles. The Hall–Kier alpha value is -3.65. The van der Waals surface area contributed by atoms with Gasteiger partial charge < -0.3 is 15.7 Å². The average Bonchev–Trinajstić information content (AvgIpc) is 2.73. The first kappa shape index (κ1) is 21.1. The molecule has 152 valence electrons. The Labute approximate surface area is 176 Å². The molecule has 0 heterocycles. The zero-order chi connectivity index (χ0) is 21.5. The smallest absolute Gasteiger partial charge is 0.335 e. The molecular weight excluding hydrogens is 407 g/mol. The third-order valence-corrected chi connectivity index (χ3v) is 4.99. The summed E-state index contributed by atoms with van der Waals surface area (Å²) in [5.74, 6) is -2.34. The van der Waals surface area contributed by atoms with Crippen LogP contribution in [0.2, 0.25) is 0 Å². The van der Waals surface area contributed by atoms with E-state index in [2.05, 4.69) is 10.6 Å². The van der Waals surface area contributed by atoms with Crippen LogP contribution in [-0.2, 0) is 4.79 Å². The van der Waals surface area contributed by atoms with Crippen LogP contribution in [0.1, 0.15) is 20.7 Å². The monoisotopic (exact) mass is 424 g/mol. The Kier molecular flexibility index (Phi) is 6.82. The molecule has 0 aliphatic rings. The van der Waals surface area contributed by atoms with Gasteiger partial charge in [0.1, 0.15) is 5.82 Å². The van der Waals surface area contributed by atoms with Gasteiger partial charge in [-0.1, -0.05) is 18.2 Å². The number of nitrogens with one attached hydrogen (secondary N) is 2. The molecule has 2 amide bonds. The van der Waals surface area contributed by atoms with E-state index in [0.717, 1.165) is 4.90 Å². The van der Waals surface area contributed by atoms with Gasteiger partial charge in [0.2, 0.25) is 5.91 Å². The molecule has 0 aliphatic heterocycles. The number of rotatable bonds is 7. The first-order valence-corrected chi connectivity index (χ1v) is 9.83. The molecule has 3 aromatic carbocycles. The topological polar surface area (TPSA) is 95.5 Å². The van der Waals surface area contributed by atoms with Crippen molar-refractivity contribution in [3.8, 4) is 0 Å². The van der Waals surface area contributed by atoms with Crippen LogP contribution in [-0.4, -0.2) is 28.6 Å². The van der Waals surface area contributed by atoms with Gasteiger partial charge in [-0.15, -0.1) is 11.8 Å². The second kappa shape index (κ2) is 9.71. The third-order valence-electron chi connectivity index (χ3n) is 4.00. The first-order chi connectivity index (χ1) is 14.4. The van der Waals surface area contributed by atoms with Crippen LogP contribution in [0.25, 0.3) is 0 Å². The van der Waals surface area contributed by atoms with Crippen molar-refractivity contribution in [1.82, 2.24) is 0 Å². The Balaban J connectivity index is 1.56. The lowest BCUT2D eigenvalue weighted by atomic mass is 10.2. The van der Waals surface area contributed by atoms with E-state index in [4.69, 9.17) is 5.11 Å². The molecule has 0 radical (unpaired) electrons. The Morgan fingerprint density at radius 3 is 2.30 bits per heavy atom. The van der Waals surface area contributed by atoms with Crippen LogP contribution < -0.4 is 10.6 Å². The highest BCUT2D eigenvalue weighted by Gasteiger charge is 2.11. The zero-order valence-electron chi connectivity index (χ0n) is 15.6. The minimum atomic E-state index is -1.04. The summed E-state index contributed by atoms with van der Waals surface area (Å²) in [6, 6.07) is 18.4. The lowest BCUT2D eigenvalue weighted by Crippen LogP contribution is -2.14. The number of carboxylic acid groups (broad SMARTS) is 1. The normalized spacial score (nSPS) is 10.3. The molecule has 0 atom stereocenters. The van der Waals surface area contributed by atoms with Gasteiger partial charge in [-0.25, -0.2) is 9.18 Å². The van der Waals surface area contributed by atoms with E-state index in [-0.39, 0.29) is 22.8 Å². The summed E-state index contributed by atoms with van der Waals surface area (Å²) in [7, 11) is 0. The van der Waals surface area contributed by atoms with Crippen LogP contribution in [0.3, 0.4) is 0 Å². The average molecular weight is 424 g/mol. The van der Waals surface area contributed by atoms with Gasteiger partial charge in [0.25, 0.3) is 5.91 Å². The third kappa shape index (κ3) is 5.68. The number of anilines is 2. The Morgan fingerprint density at radius 2 is 1.60 bits per heavy atom. The highest BCUT2D eigenvalue weighted by molar-refractivity contribution is 8.00. The fraction of sp³-hybridized carbons (Fsp3) is 0.0455.